The van der Waals surface area contributed by atoms with Gasteiger partial charge in [-0.05, 0) is 31.5 Å². The Hall–Kier alpha value is -1.13. The van der Waals surface area contributed by atoms with E-state index in [1.807, 2.05) is 0 Å². The smallest absolute Gasteiger partial charge is 0.165 e. The topological polar surface area (TPSA) is 35.5 Å². The molecule has 0 bridgehead atoms. The number of phenols is 1. The number of aromatic hydroxyl groups is 1. The van der Waals surface area contributed by atoms with Gasteiger partial charge in [-0.1, -0.05) is 6.07 Å². The van der Waals surface area contributed by atoms with Gasteiger partial charge in [0.2, 0.25) is 0 Å². The Bertz CT molecular complexity index is 406. The van der Waals surface area contributed by atoms with Gasteiger partial charge >= 0.3 is 0 Å². The molecule has 1 aromatic carbocycles. The number of benzene rings is 1. The molecule has 1 aliphatic rings. The highest BCUT2D eigenvalue weighted by Crippen LogP contribution is 2.22. The molecule has 0 aliphatic carbocycles. The number of rotatable bonds is 2. The van der Waals surface area contributed by atoms with Crippen molar-refractivity contribution in [1.82, 2.24) is 10.2 Å². The molecule has 1 heterocycles. The van der Waals surface area contributed by atoms with Gasteiger partial charge < -0.3 is 10.4 Å². The van der Waals surface area contributed by atoms with Crippen molar-refractivity contribution in [3.05, 3.63) is 29.6 Å². The zero-order valence-corrected chi connectivity index (χ0v) is 10.3. The van der Waals surface area contributed by atoms with E-state index in [1.54, 1.807) is 6.07 Å². The van der Waals surface area contributed by atoms with Crippen LogP contribution in [0.2, 0.25) is 0 Å². The molecular formula is C13H19FN2O. The predicted molar refractivity (Wildman–Crippen MR) is 65.4 cm³/mol. The summed E-state index contributed by atoms with van der Waals surface area (Å²) in [6, 6.07) is 4.60. The molecule has 1 fully saturated rings. The van der Waals surface area contributed by atoms with Crippen LogP contribution in [0.1, 0.15) is 19.4 Å². The Morgan fingerprint density at radius 2 is 2.24 bits per heavy atom. The summed E-state index contributed by atoms with van der Waals surface area (Å²) in [5, 5.41) is 12.5. The first-order chi connectivity index (χ1) is 7.99. The number of hydrogen-bond donors (Lipinski definition) is 2. The van der Waals surface area contributed by atoms with Crippen molar-refractivity contribution >= 4 is 0 Å². The normalized spacial score (nSPS) is 20.4. The summed E-state index contributed by atoms with van der Waals surface area (Å²) in [7, 11) is 0. The summed E-state index contributed by atoms with van der Waals surface area (Å²) < 4.78 is 13.2. The van der Waals surface area contributed by atoms with Crippen molar-refractivity contribution in [2.75, 3.05) is 19.6 Å². The summed E-state index contributed by atoms with van der Waals surface area (Å²) in [6.07, 6.45) is 0. The van der Waals surface area contributed by atoms with E-state index in [2.05, 4.69) is 24.1 Å². The maximum absolute atomic E-state index is 13.2. The maximum atomic E-state index is 13.2. The zero-order chi connectivity index (χ0) is 12.5. The molecule has 0 radical (unpaired) electrons. The van der Waals surface area contributed by atoms with Crippen LogP contribution in [-0.2, 0) is 6.54 Å². The average Bonchev–Trinajstić information content (AvgIpc) is 2.26. The van der Waals surface area contributed by atoms with Crippen molar-refractivity contribution < 1.29 is 9.50 Å². The number of nitrogens with one attached hydrogen (secondary N) is 1. The molecule has 1 aliphatic heterocycles. The van der Waals surface area contributed by atoms with Crippen LogP contribution < -0.4 is 5.32 Å². The lowest BCUT2D eigenvalue weighted by molar-refractivity contribution is 0.0826. The Labute approximate surface area is 101 Å². The van der Waals surface area contributed by atoms with Crippen molar-refractivity contribution in [1.29, 1.82) is 0 Å². The third kappa shape index (κ3) is 2.76. The second-order valence-corrected chi connectivity index (χ2v) is 5.20. The van der Waals surface area contributed by atoms with Crippen LogP contribution in [0.5, 0.6) is 5.75 Å². The van der Waals surface area contributed by atoms with Crippen LogP contribution in [0, 0.1) is 5.82 Å². The molecule has 0 amide bonds. The molecule has 0 spiro atoms. The lowest BCUT2D eigenvalue weighted by Crippen LogP contribution is -2.57. The minimum Gasteiger partial charge on any atom is -0.505 e. The molecule has 3 nitrogen and oxygen atoms in total. The van der Waals surface area contributed by atoms with Gasteiger partial charge in [0.15, 0.2) is 11.6 Å². The Morgan fingerprint density at radius 1 is 1.47 bits per heavy atom. The number of piperazine rings is 1. The molecule has 0 unspecified atom stereocenters. The fraction of sp³-hybridized carbons (Fsp3) is 0.538. The van der Waals surface area contributed by atoms with Crippen LogP contribution in [0.25, 0.3) is 0 Å². The van der Waals surface area contributed by atoms with Crippen LogP contribution in [0.15, 0.2) is 18.2 Å². The van der Waals surface area contributed by atoms with Gasteiger partial charge in [-0.25, -0.2) is 4.39 Å². The standard InChI is InChI=1S/C13H19FN2O/c1-13(2)9-15-5-6-16(13)8-10-3-4-12(17)11(14)7-10/h3-4,7,15,17H,5-6,8-9H2,1-2H3. The Balaban J connectivity index is 2.11. The number of nitrogens with zero attached hydrogens (tertiary/aromatic N) is 1. The number of halogens is 1. The van der Waals surface area contributed by atoms with E-state index in [0.29, 0.717) is 6.54 Å². The SMILES string of the molecule is CC1(C)CNCCN1Cc1ccc(O)c(F)c1. The molecule has 2 N–H and O–H groups in total. The lowest BCUT2D eigenvalue weighted by Gasteiger charge is -2.42. The Morgan fingerprint density at radius 3 is 2.88 bits per heavy atom. The summed E-state index contributed by atoms with van der Waals surface area (Å²) >= 11 is 0. The van der Waals surface area contributed by atoms with E-state index in [4.69, 9.17) is 5.11 Å². The zero-order valence-electron chi connectivity index (χ0n) is 10.3. The van der Waals surface area contributed by atoms with E-state index >= 15 is 0 Å². The molecule has 1 aromatic rings. The first-order valence-electron chi connectivity index (χ1n) is 5.92. The monoisotopic (exact) mass is 238 g/mol. The second-order valence-electron chi connectivity index (χ2n) is 5.20. The number of hydrogen-bond acceptors (Lipinski definition) is 3. The molecule has 17 heavy (non-hydrogen) atoms. The van der Waals surface area contributed by atoms with Gasteiger partial charge in [0.1, 0.15) is 0 Å². The molecule has 4 heteroatoms. The quantitative estimate of drug-likeness (QED) is 0.823. The fourth-order valence-electron chi connectivity index (χ4n) is 2.18. The molecular weight excluding hydrogens is 219 g/mol. The van der Waals surface area contributed by atoms with Crippen LogP contribution >= 0.6 is 0 Å². The summed E-state index contributed by atoms with van der Waals surface area (Å²) in [5.74, 6) is -0.830. The summed E-state index contributed by atoms with van der Waals surface area (Å²) in [4.78, 5) is 2.33. The van der Waals surface area contributed by atoms with Gasteiger partial charge in [-0.2, -0.15) is 0 Å². The van der Waals surface area contributed by atoms with Gasteiger partial charge in [0.05, 0.1) is 0 Å². The molecule has 0 aromatic heterocycles. The van der Waals surface area contributed by atoms with E-state index in [9.17, 15) is 4.39 Å². The van der Waals surface area contributed by atoms with Crippen LogP contribution in [0.3, 0.4) is 0 Å². The van der Waals surface area contributed by atoms with Crippen molar-refractivity contribution in [2.24, 2.45) is 0 Å². The minimum absolute atomic E-state index is 0.0760. The van der Waals surface area contributed by atoms with Crippen molar-refractivity contribution in [3.63, 3.8) is 0 Å². The van der Waals surface area contributed by atoms with Gasteiger partial charge in [-0.3, -0.25) is 4.90 Å². The van der Waals surface area contributed by atoms with Gasteiger partial charge in [0, 0.05) is 31.7 Å². The first kappa shape index (κ1) is 12.3. The summed E-state index contributed by atoms with van der Waals surface area (Å²) in [5.41, 5.74) is 0.974. The highest BCUT2D eigenvalue weighted by Gasteiger charge is 2.29. The molecule has 1 saturated heterocycles. The van der Waals surface area contributed by atoms with Gasteiger partial charge in [0.25, 0.3) is 0 Å². The van der Waals surface area contributed by atoms with E-state index in [-0.39, 0.29) is 11.3 Å². The molecule has 2 rings (SSSR count). The Kier molecular flexibility index (Phi) is 3.35. The number of phenolic OH excluding ortho intramolecular Hbond substituents is 1. The first-order valence-corrected chi connectivity index (χ1v) is 5.92. The van der Waals surface area contributed by atoms with E-state index in [1.165, 1.54) is 12.1 Å². The van der Waals surface area contributed by atoms with Gasteiger partial charge in [-0.15, -0.1) is 0 Å². The van der Waals surface area contributed by atoms with E-state index in [0.717, 1.165) is 25.2 Å². The van der Waals surface area contributed by atoms with Crippen LogP contribution in [-0.4, -0.2) is 35.2 Å². The largest absolute Gasteiger partial charge is 0.505 e. The highest BCUT2D eigenvalue weighted by molar-refractivity contribution is 5.28. The minimum atomic E-state index is -0.546. The van der Waals surface area contributed by atoms with E-state index < -0.39 is 5.82 Å². The third-order valence-corrected chi connectivity index (χ3v) is 3.36. The summed E-state index contributed by atoms with van der Waals surface area (Å²) in [6.45, 7) is 7.92. The molecule has 0 atom stereocenters. The lowest BCUT2D eigenvalue weighted by atomic mass is 9.99. The highest BCUT2D eigenvalue weighted by atomic mass is 19.1. The maximum Gasteiger partial charge on any atom is 0.165 e. The molecule has 0 saturated carbocycles. The molecule has 94 valence electrons. The predicted octanol–water partition coefficient (Wildman–Crippen LogP) is 1.72. The third-order valence-electron chi connectivity index (χ3n) is 3.36. The van der Waals surface area contributed by atoms with Crippen molar-refractivity contribution in [2.45, 2.75) is 25.9 Å². The van der Waals surface area contributed by atoms with Crippen molar-refractivity contribution in [3.8, 4) is 5.75 Å². The fourth-order valence-corrected chi connectivity index (χ4v) is 2.18. The second kappa shape index (κ2) is 4.63. The van der Waals surface area contributed by atoms with Crippen LogP contribution in [0.4, 0.5) is 4.39 Å². The average molecular weight is 238 g/mol.